The number of aliphatic carboxylic acids is 1. The molecular formula is C15H19N3O3S. The number of carbonyl (C=O) groups excluding carboxylic acids is 1. The van der Waals surface area contributed by atoms with Gasteiger partial charge in [-0.3, -0.25) is 9.59 Å². The number of hydrogen-bond donors (Lipinski definition) is 2. The van der Waals surface area contributed by atoms with Crippen LogP contribution >= 0.6 is 11.3 Å². The summed E-state index contributed by atoms with van der Waals surface area (Å²) in [4.78, 5) is 32.2. The highest BCUT2D eigenvalue weighted by Crippen LogP contribution is 2.23. The number of aromatic amines is 1. The van der Waals surface area contributed by atoms with Crippen molar-refractivity contribution in [2.75, 3.05) is 6.54 Å². The first-order valence-electron chi connectivity index (χ1n) is 7.06. The fourth-order valence-corrected chi connectivity index (χ4v) is 2.73. The summed E-state index contributed by atoms with van der Waals surface area (Å²) >= 11 is 1.54. The molecule has 0 aliphatic heterocycles. The number of aromatic nitrogens is 2. The zero-order valence-corrected chi connectivity index (χ0v) is 13.6. The van der Waals surface area contributed by atoms with Crippen LogP contribution in [0.1, 0.15) is 35.8 Å². The number of carboxylic acids is 1. The minimum absolute atomic E-state index is 0.142. The van der Waals surface area contributed by atoms with Gasteiger partial charge in [0.1, 0.15) is 12.2 Å². The van der Waals surface area contributed by atoms with Crippen LogP contribution in [-0.2, 0) is 4.79 Å². The molecule has 22 heavy (non-hydrogen) atoms. The summed E-state index contributed by atoms with van der Waals surface area (Å²) in [5.74, 6) is -1.33. The first-order chi connectivity index (χ1) is 10.4. The number of carboxylic acid groups (broad SMARTS) is 1. The molecule has 118 valence electrons. The van der Waals surface area contributed by atoms with Gasteiger partial charge >= 0.3 is 5.97 Å². The molecule has 6 nitrogen and oxygen atoms in total. The van der Waals surface area contributed by atoms with Gasteiger partial charge in [0, 0.05) is 23.2 Å². The van der Waals surface area contributed by atoms with Gasteiger partial charge in [0.2, 0.25) is 0 Å². The maximum absolute atomic E-state index is 12.5. The van der Waals surface area contributed by atoms with E-state index < -0.39 is 5.97 Å². The Labute approximate surface area is 132 Å². The molecular weight excluding hydrogens is 302 g/mol. The molecule has 0 aliphatic rings. The molecule has 0 fully saturated rings. The summed E-state index contributed by atoms with van der Waals surface area (Å²) in [5, 5.41) is 11.9. The predicted molar refractivity (Wildman–Crippen MR) is 85.1 cm³/mol. The molecule has 2 N–H and O–H groups in total. The Hall–Kier alpha value is -2.15. The zero-order valence-electron chi connectivity index (χ0n) is 12.8. The average Bonchev–Trinajstić information content (AvgIpc) is 3.11. The van der Waals surface area contributed by atoms with E-state index in [1.165, 1.54) is 4.90 Å². The Bertz CT molecular complexity index is 677. The van der Waals surface area contributed by atoms with Crippen molar-refractivity contribution in [3.63, 3.8) is 0 Å². The van der Waals surface area contributed by atoms with Gasteiger partial charge in [0.25, 0.3) is 5.91 Å². The van der Waals surface area contributed by atoms with Crippen LogP contribution in [0.25, 0.3) is 11.3 Å². The summed E-state index contributed by atoms with van der Waals surface area (Å²) in [6.07, 6.45) is 2.41. The summed E-state index contributed by atoms with van der Waals surface area (Å²) < 4.78 is 0. The Morgan fingerprint density at radius 2 is 2.23 bits per heavy atom. The molecule has 0 radical (unpaired) electrons. The highest BCUT2D eigenvalue weighted by atomic mass is 32.1. The molecule has 2 heterocycles. The number of H-pyrrole nitrogens is 1. The number of aryl methyl sites for hydroxylation is 1. The van der Waals surface area contributed by atoms with E-state index in [1.807, 2.05) is 26.2 Å². The summed E-state index contributed by atoms with van der Waals surface area (Å²) in [6.45, 7) is 5.38. The van der Waals surface area contributed by atoms with Gasteiger partial charge in [-0.2, -0.15) is 0 Å². The highest BCUT2D eigenvalue weighted by molar-refractivity contribution is 7.09. The van der Waals surface area contributed by atoms with E-state index in [2.05, 4.69) is 9.97 Å². The van der Waals surface area contributed by atoms with E-state index in [9.17, 15) is 9.59 Å². The molecule has 1 atom stereocenters. The van der Waals surface area contributed by atoms with E-state index in [0.717, 1.165) is 16.3 Å². The minimum Gasteiger partial charge on any atom is -0.480 e. The van der Waals surface area contributed by atoms with Crippen molar-refractivity contribution < 1.29 is 14.7 Å². The lowest BCUT2D eigenvalue weighted by Crippen LogP contribution is -2.41. The van der Waals surface area contributed by atoms with E-state index in [1.54, 1.807) is 23.6 Å². The average molecular weight is 321 g/mol. The monoisotopic (exact) mass is 321 g/mol. The maximum Gasteiger partial charge on any atom is 0.323 e. The van der Waals surface area contributed by atoms with Gasteiger partial charge in [-0.1, -0.05) is 6.92 Å². The van der Waals surface area contributed by atoms with E-state index in [4.69, 9.17) is 5.11 Å². The molecule has 0 aliphatic carbocycles. The topological polar surface area (TPSA) is 86.3 Å². The predicted octanol–water partition coefficient (Wildman–Crippen LogP) is 2.77. The fourth-order valence-electron chi connectivity index (χ4n) is 2.11. The molecule has 0 saturated carbocycles. The van der Waals surface area contributed by atoms with Crippen LogP contribution in [0.3, 0.4) is 0 Å². The third-order valence-corrected chi connectivity index (χ3v) is 4.29. The quantitative estimate of drug-likeness (QED) is 0.856. The third-order valence-electron chi connectivity index (χ3n) is 3.52. The number of hydrogen-bond acceptors (Lipinski definition) is 4. The highest BCUT2D eigenvalue weighted by Gasteiger charge is 2.24. The molecule has 7 heteroatoms. The molecule has 0 saturated heterocycles. The normalized spacial score (nSPS) is 12.1. The van der Waals surface area contributed by atoms with Crippen LogP contribution in [-0.4, -0.2) is 44.4 Å². The second kappa shape index (κ2) is 6.74. The smallest absolute Gasteiger partial charge is 0.323 e. The van der Waals surface area contributed by atoms with Crippen molar-refractivity contribution >= 4 is 23.2 Å². The van der Waals surface area contributed by atoms with E-state index >= 15 is 0 Å². The first kappa shape index (κ1) is 16.2. The summed E-state index contributed by atoms with van der Waals surface area (Å²) in [6, 6.07) is 1.57. The fraction of sp³-hybridized carbons (Fsp3) is 0.400. The largest absolute Gasteiger partial charge is 0.480 e. The zero-order chi connectivity index (χ0) is 16.3. The maximum atomic E-state index is 12.5. The third kappa shape index (κ3) is 3.54. The molecule has 0 aromatic carbocycles. The van der Waals surface area contributed by atoms with Gasteiger partial charge in [0.15, 0.2) is 0 Å². The Morgan fingerprint density at radius 1 is 1.50 bits per heavy atom. The molecule has 0 spiro atoms. The number of carbonyl (C=O) groups is 2. The SMILES string of the molecule is CCC(C)N(CC(=O)O)C(=O)c1cc(-c2csc(C)n2)c[nH]1. The lowest BCUT2D eigenvalue weighted by molar-refractivity contribution is -0.138. The summed E-state index contributed by atoms with van der Waals surface area (Å²) in [7, 11) is 0. The van der Waals surface area contributed by atoms with Crippen LogP contribution in [0.15, 0.2) is 17.6 Å². The van der Waals surface area contributed by atoms with E-state index in [-0.39, 0.29) is 18.5 Å². The van der Waals surface area contributed by atoms with Crippen molar-refractivity contribution in [2.45, 2.75) is 33.2 Å². The van der Waals surface area contributed by atoms with Gasteiger partial charge in [-0.15, -0.1) is 11.3 Å². The van der Waals surface area contributed by atoms with Crippen LogP contribution in [0.2, 0.25) is 0 Å². The second-order valence-electron chi connectivity index (χ2n) is 5.14. The first-order valence-corrected chi connectivity index (χ1v) is 7.94. The van der Waals surface area contributed by atoms with E-state index in [0.29, 0.717) is 12.1 Å². The van der Waals surface area contributed by atoms with Crippen LogP contribution < -0.4 is 0 Å². The number of amides is 1. The Morgan fingerprint density at radius 3 is 2.77 bits per heavy atom. The molecule has 1 unspecified atom stereocenters. The lowest BCUT2D eigenvalue weighted by Gasteiger charge is -2.26. The van der Waals surface area contributed by atoms with Crippen molar-refractivity contribution in [1.29, 1.82) is 0 Å². The standard InChI is InChI=1S/C15H19N3O3S/c1-4-9(2)18(7-14(19)20)15(21)12-5-11(6-16-12)13-8-22-10(3)17-13/h5-6,8-9,16H,4,7H2,1-3H3,(H,19,20). The van der Waals surface area contributed by atoms with Gasteiger partial charge in [-0.05, 0) is 26.3 Å². The molecule has 0 bridgehead atoms. The van der Waals surface area contributed by atoms with Crippen molar-refractivity contribution in [1.82, 2.24) is 14.9 Å². The minimum atomic E-state index is -1.02. The van der Waals surface area contributed by atoms with Crippen LogP contribution in [0.5, 0.6) is 0 Å². The van der Waals surface area contributed by atoms with Gasteiger partial charge in [0.05, 0.1) is 10.7 Å². The van der Waals surface area contributed by atoms with Crippen LogP contribution in [0.4, 0.5) is 0 Å². The van der Waals surface area contributed by atoms with Gasteiger partial charge < -0.3 is 15.0 Å². The number of thiazole rings is 1. The second-order valence-corrected chi connectivity index (χ2v) is 6.20. The number of nitrogens with one attached hydrogen (secondary N) is 1. The van der Waals surface area contributed by atoms with Crippen molar-refractivity contribution in [3.05, 3.63) is 28.3 Å². The van der Waals surface area contributed by atoms with Gasteiger partial charge in [-0.25, -0.2) is 4.98 Å². The molecule has 2 aromatic rings. The Kier molecular flexibility index (Phi) is 4.97. The van der Waals surface area contributed by atoms with Crippen LogP contribution in [0, 0.1) is 6.92 Å². The number of nitrogens with zero attached hydrogens (tertiary/aromatic N) is 2. The number of rotatable bonds is 6. The summed E-state index contributed by atoms with van der Waals surface area (Å²) in [5.41, 5.74) is 2.01. The molecule has 1 amide bonds. The van der Waals surface area contributed by atoms with Crippen molar-refractivity contribution in [3.8, 4) is 11.3 Å². The lowest BCUT2D eigenvalue weighted by atomic mass is 10.2. The van der Waals surface area contributed by atoms with Crippen molar-refractivity contribution in [2.24, 2.45) is 0 Å². The Balaban J connectivity index is 2.24. The molecule has 2 rings (SSSR count). The molecule has 2 aromatic heterocycles.